The van der Waals surface area contributed by atoms with Crippen LogP contribution in [-0.4, -0.2) is 45.1 Å². The number of carbonyl (C=O) groups is 1. The number of rotatable bonds is 7. The van der Waals surface area contributed by atoms with E-state index < -0.39 is 16.0 Å². The second-order valence-electron chi connectivity index (χ2n) is 6.15. The van der Waals surface area contributed by atoms with Crippen molar-refractivity contribution in [1.29, 1.82) is 0 Å². The number of hydrogen-bond acceptors (Lipinski definition) is 6. The smallest absolute Gasteiger partial charge is 0.338 e. The minimum absolute atomic E-state index is 0.125. The lowest BCUT2D eigenvalue weighted by Crippen LogP contribution is -2.30. The van der Waals surface area contributed by atoms with Crippen LogP contribution in [0.15, 0.2) is 47.4 Å². The summed E-state index contributed by atoms with van der Waals surface area (Å²) in [6, 6.07) is 11.2. The Labute approximate surface area is 164 Å². The molecule has 0 N–H and O–H groups in total. The van der Waals surface area contributed by atoms with Gasteiger partial charge in [-0.05, 0) is 48.9 Å². The largest absolute Gasteiger partial charge is 0.486 e. The zero-order chi connectivity index (χ0) is 20.1. The van der Waals surface area contributed by atoms with Crippen molar-refractivity contribution in [2.75, 3.05) is 26.4 Å². The lowest BCUT2D eigenvalue weighted by molar-refractivity contribution is 0.0526. The first-order chi connectivity index (χ1) is 13.5. The molecule has 0 spiro atoms. The summed E-state index contributed by atoms with van der Waals surface area (Å²) < 4.78 is 43.4. The summed E-state index contributed by atoms with van der Waals surface area (Å²) in [7, 11) is -3.72. The fraction of sp³-hybridized carbons (Fsp3) is 0.350. The molecule has 8 heteroatoms. The number of fused-ring (bicyclic) bond motifs is 1. The highest BCUT2D eigenvalue weighted by molar-refractivity contribution is 7.89. The molecule has 3 rings (SSSR count). The van der Waals surface area contributed by atoms with Crippen LogP contribution in [0.5, 0.6) is 11.5 Å². The molecule has 0 unspecified atom stereocenters. The molecule has 0 aliphatic carbocycles. The fourth-order valence-corrected chi connectivity index (χ4v) is 4.32. The van der Waals surface area contributed by atoms with Crippen molar-refractivity contribution in [1.82, 2.24) is 4.31 Å². The van der Waals surface area contributed by atoms with Gasteiger partial charge in [-0.2, -0.15) is 4.31 Å². The van der Waals surface area contributed by atoms with E-state index in [1.54, 1.807) is 26.0 Å². The Morgan fingerprint density at radius 2 is 1.71 bits per heavy atom. The summed E-state index contributed by atoms with van der Waals surface area (Å²) >= 11 is 0. The van der Waals surface area contributed by atoms with Crippen LogP contribution < -0.4 is 9.47 Å². The molecule has 7 nitrogen and oxygen atoms in total. The van der Waals surface area contributed by atoms with Gasteiger partial charge in [0.1, 0.15) is 13.2 Å². The molecule has 0 amide bonds. The van der Waals surface area contributed by atoms with Crippen LogP contribution in [-0.2, 0) is 21.3 Å². The van der Waals surface area contributed by atoms with Crippen LogP contribution in [0, 0.1) is 0 Å². The first kappa shape index (κ1) is 20.2. The van der Waals surface area contributed by atoms with Gasteiger partial charge in [0.2, 0.25) is 10.0 Å². The van der Waals surface area contributed by atoms with Crippen molar-refractivity contribution in [3.63, 3.8) is 0 Å². The van der Waals surface area contributed by atoms with Crippen LogP contribution in [0.2, 0.25) is 0 Å². The molecule has 2 aromatic rings. The third kappa shape index (κ3) is 4.28. The van der Waals surface area contributed by atoms with Gasteiger partial charge in [0, 0.05) is 13.1 Å². The van der Waals surface area contributed by atoms with Crippen LogP contribution >= 0.6 is 0 Å². The van der Waals surface area contributed by atoms with E-state index in [-0.39, 0.29) is 18.0 Å². The Bertz CT molecular complexity index is 940. The first-order valence-electron chi connectivity index (χ1n) is 9.11. The monoisotopic (exact) mass is 405 g/mol. The Balaban J connectivity index is 1.80. The van der Waals surface area contributed by atoms with Gasteiger partial charge in [-0.1, -0.05) is 13.0 Å². The quantitative estimate of drug-likeness (QED) is 0.659. The van der Waals surface area contributed by atoms with Gasteiger partial charge < -0.3 is 14.2 Å². The molecule has 1 aliphatic rings. The van der Waals surface area contributed by atoms with E-state index in [4.69, 9.17) is 14.2 Å². The van der Waals surface area contributed by atoms with Gasteiger partial charge in [0.05, 0.1) is 17.1 Å². The highest BCUT2D eigenvalue weighted by Gasteiger charge is 2.24. The molecule has 0 bridgehead atoms. The molecule has 28 heavy (non-hydrogen) atoms. The van der Waals surface area contributed by atoms with Gasteiger partial charge in [0.15, 0.2) is 11.5 Å². The average Bonchev–Trinajstić information content (AvgIpc) is 2.72. The van der Waals surface area contributed by atoms with Gasteiger partial charge in [0.25, 0.3) is 0 Å². The Morgan fingerprint density at radius 3 is 2.36 bits per heavy atom. The molecule has 150 valence electrons. The van der Waals surface area contributed by atoms with E-state index in [1.807, 2.05) is 6.07 Å². The molecule has 2 aromatic carbocycles. The van der Waals surface area contributed by atoms with Crippen molar-refractivity contribution in [3.8, 4) is 11.5 Å². The van der Waals surface area contributed by atoms with Crippen LogP contribution in [0.3, 0.4) is 0 Å². The summed E-state index contributed by atoms with van der Waals surface area (Å²) in [4.78, 5) is 11.9. The summed E-state index contributed by atoms with van der Waals surface area (Å²) in [5.74, 6) is 0.807. The molecular formula is C20H23NO6S. The maximum Gasteiger partial charge on any atom is 0.338 e. The second kappa shape index (κ2) is 8.62. The number of ether oxygens (including phenoxy) is 3. The molecular weight excluding hydrogens is 382 g/mol. The lowest BCUT2D eigenvalue weighted by atomic mass is 10.2. The highest BCUT2D eigenvalue weighted by Crippen LogP contribution is 2.31. The minimum Gasteiger partial charge on any atom is -0.486 e. The summed E-state index contributed by atoms with van der Waals surface area (Å²) in [5.41, 5.74) is 1.12. The zero-order valence-electron chi connectivity index (χ0n) is 15.9. The average molecular weight is 405 g/mol. The van der Waals surface area contributed by atoms with Crippen LogP contribution in [0.4, 0.5) is 0 Å². The second-order valence-corrected chi connectivity index (χ2v) is 8.09. The minimum atomic E-state index is -3.72. The molecule has 0 radical (unpaired) electrons. The fourth-order valence-electron chi connectivity index (χ4n) is 2.88. The standard InChI is InChI=1S/C20H23NO6S/c1-3-21(14-15-5-10-18-19(13-15)27-12-11-26-18)28(23,24)17-8-6-16(7-9-17)20(22)25-4-2/h5-10,13H,3-4,11-12,14H2,1-2H3. The topological polar surface area (TPSA) is 82.1 Å². The van der Waals surface area contributed by atoms with Gasteiger partial charge in [-0.3, -0.25) is 0 Å². The lowest BCUT2D eigenvalue weighted by Gasteiger charge is -2.23. The van der Waals surface area contributed by atoms with E-state index in [9.17, 15) is 13.2 Å². The normalized spacial score (nSPS) is 13.4. The molecule has 0 fully saturated rings. The number of nitrogens with zero attached hydrogens (tertiary/aromatic N) is 1. The highest BCUT2D eigenvalue weighted by atomic mass is 32.2. The van der Waals surface area contributed by atoms with Crippen LogP contribution in [0.25, 0.3) is 0 Å². The Kier molecular flexibility index (Phi) is 6.21. The van der Waals surface area contributed by atoms with E-state index in [1.165, 1.54) is 28.6 Å². The molecule has 0 saturated carbocycles. The Morgan fingerprint density at radius 1 is 1.04 bits per heavy atom. The number of hydrogen-bond donors (Lipinski definition) is 0. The van der Waals surface area contributed by atoms with Gasteiger partial charge in [-0.25, -0.2) is 13.2 Å². The van der Waals surface area contributed by atoms with Crippen LogP contribution in [0.1, 0.15) is 29.8 Å². The van der Waals surface area contributed by atoms with E-state index in [0.717, 1.165) is 5.56 Å². The summed E-state index contributed by atoms with van der Waals surface area (Å²) in [6.07, 6.45) is 0. The molecule has 0 saturated heterocycles. The zero-order valence-corrected chi connectivity index (χ0v) is 16.7. The van der Waals surface area contributed by atoms with Gasteiger partial charge >= 0.3 is 5.97 Å². The van der Waals surface area contributed by atoms with Crippen molar-refractivity contribution in [2.24, 2.45) is 0 Å². The van der Waals surface area contributed by atoms with Gasteiger partial charge in [-0.15, -0.1) is 0 Å². The summed E-state index contributed by atoms with van der Waals surface area (Å²) in [5, 5.41) is 0. The maximum atomic E-state index is 13.0. The maximum absolute atomic E-state index is 13.0. The van der Waals surface area contributed by atoms with E-state index in [2.05, 4.69) is 0 Å². The molecule has 1 aliphatic heterocycles. The first-order valence-corrected chi connectivity index (χ1v) is 10.6. The third-order valence-electron chi connectivity index (χ3n) is 4.32. The van der Waals surface area contributed by atoms with Crippen molar-refractivity contribution in [2.45, 2.75) is 25.3 Å². The molecule has 1 heterocycles. The number of benzene rings is 2. The number of sulfonamides is 1. The SMILES string of the molecule is CCOC(=O)c1ccc(S(=O)(=O)N(CC)Cc2ccc3c(c2)OCCO3)cc1. The predicted octanol–water partition coefficient (Wildman–Crippen LogP) is 2.85. The third-order valence-corrected chi connectivity index (χ3v) is 6.26. The van der Waals surface area contributed by atoms with Crippen molar-refractivity contribution in [3.05, 3.63) is 53.6 Å². The van der Waals surface area contributed by atoms with Crippen molar-refractivity contribution >= 4 is 16.0 Å². The van der Waals surface area contributed by atoms with Crippen molar-refractivity contribution < 1.29 is 27.4 Å². The van der Waals surface area contributed by atoms with E-state index in [0.29, 0.717) is 36.8 Å². The number of carbonyl (C=O) groups excluding carboxylic acids is 1. The molecule has 0 atom stereocenters. The Hall–Kier alpha value is -2.58. The number of esters is 1. The molecule has 0 aromatic heterocycles. The van der Waals surface area contributed by atoms with E-state index >= 15 is 0 Å². The summed E-state index contributed by atoms with van der Waals surface area (Å²) in [6.45, 7) is 5.24. The predicted molar refractivity (Wildman–Crippen MR) is 103 cm³/mol.